The van der Waals surface area contributed by atoms with Crippen LogP contribution in [0, 0.1) is 0 Å². The van der Waals surface area contributed by atoms with Crippen molar-refractivity contribution in [2.75, 3.05) is 12.4 Å². The van der Waals surface area contributed by atoms with Crippen LogP contribution in [-0.2, 0) is 13.1 Å². The van der Waals surface area contributed by atoms with E-state index < -0.39 is 0 Å². The Morgan fingerprint density at radius 3 is 2.95 bits per heavy atom. The first-order chi connectivity index (χ1) is 10.1. The highest BCUT2D eigenvalue weighted by atomic mass is 35.5. The summed E-state index contributed by atoms with van der Waals surface area (Å²) in [5.41, 5.74) is 7.62. The predicted molar refractivity (Wildman–Crippen MR) is 84.9 cm³/mol. The van der Waals surface area contributed by atoms with Gasteiger partial charge in [-0.25, -0.2) is 4.99 Å². The number of hydrogen-bond acceptors (Lipinski definition) is 3. The molecule has 2 aromatic rings. The Morgan fingerprint density at radius 1 is 1.52 bits per heavy atom. The lowest BCUT2D eigenvalue weighted by atomic mass is 10.3. The van der Waals surface area contributed by atoms with E-state index in [2.05, 4.69) is 15.4 Å². The van der Waals surface area contributed by atoms with Gasteiger partial charge in [0.15, 0.2) is 5.96 Å². The van der Waals surface area contributed by atoms with Crippen molar-refractivity contribution >= 4 is 23.2 Å². The molecule has 1 heterocycles. The smallest absolute Gasteiger partial charge is 0.193 e. The average molecular weight is 308 g/mol. The van der Waals surface area contributed by atoms with E-state index in [-0.39, 0.29) is 0 Å². The van der Waals surface area contributed by atoms with Crippen LogP contribution >= 0.6 is 11.6 Å². The number of rotatable bonds is 5. The Balaban J connectivity index is 1.98. The number of aromatic nitrogens is 2. The van der Waals surface area contributed by atoms with Crippen molar-refractivity contribution in [2.45, 2.75) is 20.0 Å². The predicted octanol–water partition coefficient (Wildman–Crippen LogP) is 2.49. The van der Waals surface area contributed by atoms with Gasteiger partial charge in [0.2, 0.25) is 0 Å². The summed E-state index contributed by atoms with van der Waals surface area (Å²) in [6, 6.07) is 5.32. The van der Waals surface area contributed by atoms with Crippen molar-refractivity contribution in [1.82, 2.24) is 9.78 Å². The van der Waals surface area contributed by atoms with E-state index in [1.165, 1.54) is 0 Å². The van der Waals surface area contributed by atoms with Crippen molar-refractivity contribution in [1.29, 1.82) is 0 Å². The number of guanidine groups is 1. The Kier molecular flexibility index (Phi) is 5.05. The standard InChI is InChI=1S/C14H18ClN5O/c1-3-20-9-10(8-18-20)7-17-14(16)19-11-4-5-13(21-2)12(15)6-11/h4-6,8-9H,3,7H2,1-2H3,(H3,16,17,19). The van der Waals surface area contributed by atoms with Gasteiger partial charge < -0.3 is 15.8 Å². The van der Waals surface area contributed by atoms with Crippen LogP contribution in [0.1, 0.15) is 12.5 Å². The van der Waals surface area contributed by atoms with Gasteiger partial charge in [-0.2, -0.15) is 5.10 Å². The second-order valence-electron chi connectivity index (χ2n) is 4.38. The molecule has 0 aliphatic carbocycles. The molecule has 0 atom stereocenters. The summed E-state index contributed by atoms with van der Waals surface area (Å²) in [7, 11) is 1.57. The molecule has 1 aromatic carbocycles. The number of benzene rings is 1. The van der Waals surface area contributed by atoms with Crippen LogP contribution in [0.25, 0.3) is 0 Å². The molecular formula is C14H18ClN5O. The van der Waals surface area contributed by atoms with Gasteiger partial charge in [0.05, 0.1) is 24.9 Å². The highest BCUT2D eigenvalue weighted by Crippen LogP contribution is 2.26. The fraction of sp³-hybridized carbons (Fsp3) is 0.286. The molecule has 0 radical (unpaired) electrons. The third-order valence-corrected chi connectivity index (χ3v) is 3.16. The molecule has 2 rings (SSSR count). The van der Waals surface area contributed by atoms with Crippen LogP contribution < -0.4 is 15.8 Å². The van der Waals surface area contributed by atoms with E-state index in [1.54, 1.807) is 25.4 Å². The molecule has 21 heavy (non-hydrogen) atoms. The van der Waals surface area contributed by atoms with Gasteiger partial charge in [-0.15, -0.1) is 0 Å². The topological polar surface area (TPSA) is 77.5 Å². The molecule has 0 saturated heterocycles. The number of nitrogens with two attached hydrogens (primary N) is 1. The summed E-state index contributed by atoms with van der Waals surface area (Å²) in [6.07, 6.45) is 3.73. The molecule has 0 spiro atoms. The minimum absolute atomic E-state index is 0.320. The third kappa shape index (κ3) is 4.13. The van der Waals surface area contributed by atoms with Gasteiger partial charge >= 0.3 is 0 Å². The molecule has 0 aliphatic heterocycles. The van der Waals surface area contributed by atoms with Gasteiger partial charge in [0, 0.05) is 24.0 Å². The summed E-state index contributed by atoms with van der Waals surface area (Å²) in [5, 5.41) is 7.68. The molecule has 0 aliphatic rings. The zero-order valence-electron chi connectivity index (χ0n) is 12.0. The van der Waals surface area contributed by atoms with E-state index in [1.807, 2.05) is 23.9 Å². The second kappa shape index (κ2) is 6.99. The van der Waals surface area contributed by atoms with E-state index in [4.69, 9.17) is 22.1 Å². The number of aliphatic imine (C=N–C) groups is 1. The van der Waals surface area contributed by atoms with Crippen LogP contribution in [0.4, 0.5) is 5.69 Å². The Bertz CT molecular complexity index is 638. The lowest BCUT2D eigenvalue weighted by Crippen LogP contribution is -2.22. The van der Waals surface area contributed by atoms with Crippen molar-refractivity contribution in [2.24, 2.45) is 10.7 Å². The SMILES string of the molecule is CCn1cc(CN=C(N)Nc2ccc(OC)c(Cl)c2)cn1. The fourth-order valence-electron chi connectivity index (χ4n) is 1.77. The number of hydrogen-bond donors (Lipinski definition) is 2. The maximum absolute atomic E-state index is 6.05. The minimum Gasteiger partial charge on any atom is -0.495 e. The number of anilines is 1. The molecule has 112 valence electrons. The fourth-order valence-corrected chi connectivity index (χ4v) is 2.03. The number of aryl methyl sites for hydroxylation is 1. The van der Waals surface area contributed by atoms with Gasteiger partial charge in [-0.05, 0) is 25.1 Å². The number of ether oxygens (including phenoxy) is 1. The van der Waals surface area contributed by atoms with Crippen LogP contribution in [0.3, 0.4) is 0 Å². The summed E-state index contributed by atoms with van der Waals surface area (Å²) < 4.78 is 6.94. The van der Waals surface area contributed by atoms with Crippen LogP contribution in [0.5, 0.6) is 5.75 Å². The quantitative estimate of drug-likeness (QED) is 0.657. The summed E-state index contributed by atoms with van der Waals surface area (Å²) in [5.74, 6) is 0.935. The van der Waals surface area contributed by atoms with Crippen LogP contribution in [-0.4, -0.2) is 22.8 Å². The number of nitrogens with zero attached hydrogens (tertiary/aromatic N) is 3. The van der Waals surface area contributed by atoms with Gasteiger partial charge in [0.1, 0.15) is 5.75 Å². The number of methoxy groups -OCH3 is 1. The first-order valence-electron chi connectivity index (χ1n) is 6.54. The summed E-state index contributed by atoms with van der Waals surface area (Å²) in [6.45, 7) is 3.34. The second-order valence-corrected chi connectivity index (χ2v) is 4.79. The maximum atomic E-state index is 6.05. The molecule has 6 nitrogen and oxygen atoms in total. The third-order valence-electron chi connectivity index (χ3n) is 2.87. The van der Waals surface area contributed by atoms with E-state index >= 15 is 0 Å². The molecule has 7 heteroatoms. The number of halogens is 1. The normalized spacial score (nSPS) is 11.5. The molecule has 3 N–H and O–H groups in total. The Hall–Kier alpha value is -2.21. The molecule has 0 unspecified atom stereocenters. The van der Waals surface area contributed by atoms with E-state index in [0.29, 0.717) is 23.3 Å². The van der Waals surface area contributed by atoms with Crippen molar-refractivity contribution in [3.63, 3.8) is 0 Å². The first-order valence-corrected chi connectivity index (χ1v) is 6.92. The van der Waals surface area contributed by atoms with Crippen molar-refractivity contribution in [3.8, 4) is 5.75 Å². The molecular weight excluding hydrogens is 290 g/mol. The molecule has 0 amide bonds. The van der Waals surface area contributed by atoms with Crippen molar-refractivity contribution in [3.05, 3.63) is 41.2 Å². The molecule has 1 aromatic heterocycles. The Labute approximate surface area is 128 Å². The zero-order valence-corrected chi connectivity index (χ0v) is 12.8. The van der Waals surface area contributed by atoms with E-state index in [9.17, 15) is 0 Å². The summed E-state index contributed by atoms with van der Waals surface area (Å²) >= 11 is 6.05. The van der Waals surface area contributed by atoms with Gasteiger partial charge in [-0.3, -0.25) is 4.68 Å². The monoisotopic (exact) mass is 307 g/mol. The van der Waals surface area contributed by atoms with Crippen molar-refractivity contribution < 1.29 is 4.74 Å². The largest absolute Gasteiger partial charge is 0.495 e. The highest BCUT2D eigenvalue weighted by molar-refractivity contribution is 6.32. The number of nitrogens with one attached hydrogen (secondary N) is 1. The highest BCUT2D eigenvalue weighted by Gasteiger charge is 2.03. The first kappa shape index (κ1) is 15.2. The zero-order chi connectivity index (χ0) is 15.2. The lowest BCUT2D eigenvalue weighted by molar-refractivity contribution is 0.415. The van der Waals surface area contributed by atoms with Gasteiger partial charge in [0.25, 0.3) is 0 Å². The van der Waals surface area contributed by atoms with Crippen LogP contribution in [0.15, 0.2) is 35.6 Å². The Morgan fingerprint density at radius 2 is 2.33 bits per heavy atom. The molecule has 0 bridgehead atoms. The average Bonchev–Trinajstić information content (AvgIpc) is 2.93. The molecule has 0 fully saturated rings. The van der Waals surface area contributed by atoms with E-state index in [0.717, 1.165) is 17.8 Å². The van der Waals surface area contributed by atoms with Gasteiger partial charge in [-0.1, -0.05) is 11.6 Å². The lowest BCUT2D eigenvalue weighted by Gasteiger charge is -2.08. The molecule has 0 saturated carbocycles. The minimum atomic E-state index is 0.320. The van der Waals surface area contributed by atoms with Crippen LogP contribution in [0.2, 0.25) is 5.02 Å². The summed E-state index contributed by atoms with van der Waals surface area (Å²) in [4.78, 5) is 4.27. The maximum Gasteiger partial charge on any atom is 0.193 e.